The quantitative estimate of drug-likeness (QED) is 0.0730. The molecule has 10 heteroatoms. The van der Waals surface area contributed by atoms with Gasteiger partial charge in [0.1, 0.15) is 6.10 Å². The van der Waals surface area contributed by atoms with E-state index in [1.807, 2.05) is 55.7 Å². The van der Waals surface area contributed by atoms with Crippen molar-refractivity contribution >= 4 is 29.9 Å². The number of imidazole rings is 1. The van der Waals surface area contributed by atoms with Crippen LogP contribution in [0.2, 0.25) is 0 Å². The Morgan fingerprint density at radius 1 is 1.00 bits per heavy atom. The first-order valence-electron chi connectivity index (χ1n) is 16.0. The minimum absolute atomic E-state index is 0.158. The normalized spacial score (nSPS) is 13.6. The standard InChI is InChI=1S/C34H38N4O6.C2H6/c1-4-41-33-37-30-16-10-15-29(32(39)42-23(2)43-34(40)44-27-12-6-5-7-13-27)31(30)38(33)22-24-17-19-25(20-18-24)28-14-9-8-11-26(28)21-36-35-3;1-2/h8-11,14-20,23,27,36H,3-7,12-13,21-22H2,1-2H3;1-2H3. The molecule has 1 N–H and O–H groups in total. The molecule has 0 aliphatic heterocycles. The molecule has 1 heterocycles. The maximum Gasteiger partial charge on any atom is 0.511 e. The van der Waals surface area contributed by atoms with Gasteiger partial charge in [-0.15, -0.1) is 0 Å². The molecule has 1 unspecified atom stereocenters. The molecule has 0 amide bonds. The molecule has 1 saturated carbocycles. The lowest BCUT2D eigenvalue weighted by Gasteiger charge is -2.22. The molecule has 1 fully saturated rings. The first-order valence-corrected chi connectivity index (χ1v) is 16.0. The van der Waals surface area contributed by atoms with Crippen molar-refractivity contribution in [1.82, 2.24) is 15.0 Å². The van der Waals surface area contributed by atoms with Gasteiger partial charge in [-0.1, -0.05) is 74.9 Å². The highest BCUT2D eigenvalue weighted by atomic mass is 16.8. The molecule has 0 bridgehead atoms. The molecule has 244 valence electrons. The zero-order valence-corrected chi connectivity index (χ0v) is 27.2. The summed E-state index contributed by atoms with van der Waals surface area (Å²) in [6, 6.07) is 22.0. The van der Waals surface area contributed by atoms with Gasteiger partial charge in [0.05, 0.1) is 36.3 Å². The van der Waals surface area contributed by atoms with E-state index in [-0.39, 0.29) is 11.7 Å². The summed E-state index contributed by atoms with van der Waals surface area (Å²) in [5, 5.41) is 3.76. The first-order chi connectivity index (χ1) is 22.5. The minimum atomic E-state index is -1.13. The van der Waals surface area contributed by atoms with Gasteiger partial charge in [0.25, 0.3) is 6.01 Å². The number of hydrogen-bond acceptors (Lipinski definition) is 9. The molecule has 46 heavy (non-hydrogen) atoms. The summed E-state index contributed by atoms with van der Waals surface area (Å²) in [7, 11) is 0. The van der Waals surface area contributed by atoms with E-state index in [9.17, 15) is 9.59 Å². The number of ether oxygens (including phenoxy) is 4. The fraction of sp³-hybridized carbons (Fsp3) is 0.389. The molecule has 1 aromatic heterocycles. The van der Waals surface area contributed by atoms with Crippen LogP contribution in [0.15, 0.2) is 71.8 Å². The Bertz CT molecular complexity index is 1590. The molecule has 0 radical (unpaired) electrons. The van der Waals surface area contributed by atoms with Gasteiger partial charge in [-0.25, -0.2) is 9.59 Å². The molecule has 5 rings (SSSR count). The van der Waals surface area contributed by atoms with Crippen LogP contribution in [0.1, 0.15) is 81.3 Å². The minimum Gasteiger partial charge on any atom is -0.465 e. The summed E-state index contributed by atoms with van der Waals surface area (Å²) < 4.78 is 23.9. The fourth-order valence-corrected chi connectivity index (χ4v) is 5.51. The van der Waals surface area contributed by atoms with Crippen LogP contribution in [0.5, 0.6) is 6.01 Å². The monoisotopic (exact) mass is 628 g/mol. The van der Waals surface area contributed by atoms with Gasteiger partial charge in [0.2, 0.25) is 6.29 Å². The largest absolute Gasteiger partial charge is 0.511 e. The van der Waals surface area contributed by atoms with Gasteiger partial charge in [0, 0.05) is 13.6 Å². The molecular weight excluding hydrogens is 584 g/mol. The smallest absolute Gasteiger partial charge is 0.465 e. The second kappa shape index (κ2) is 17.0. The van der Waals surface area contributed by atoms with Crippen LogP contribution in [-0.4, -0.2) is 47.4 Å². The van der Waals surface area contributed by atoms with Crippen LogP contribution >= 0.6 is 0 Å². The number of para-hydroxylation sites is 1. The molecule has 1 aliphatic carbocycles. The fourth-order valence-electron chi connectivity index (χ4n) is 5.51. The molecule has 3 aromatic carbocycles. The zero-order chi connectivity index (χ0) is 32.9. The van der Waals surface area contributed by atoms with Crippen LogP contribution in [0, 0.1) is 0 Å². The number of fused-ring (bicyclic) bond motifs is 1. The number of hydrazone groups is 1. The van der Waals surface area contributed by atoms with Gasteiger partial charge in [0.15, 0.2) is 0 Å². The zero-order valence-electron chi connectivity index (χ0n) is 27.2. The second-order valence-corrected chi connectivity index (χ2v) is 10.7. The Hall–Kier alpha value is -4.86. The van der Waals surface area contributed by atoms with E-state index in [0.29, 0.717) is 36.7 Å². The topological polar surface area (TPSA) is 113 Å². The van der Waals surface area contributed by atoms with E-state index < -0.39 is 18.4 Å². The van der Waals surface area contributed by atoms with Crippen molar-refractivity contribution in [2.45, 2.75) is 85.3 Å². The number of hydrogen-bond donors (Lipinski definition) is 1. The van der Waals surface area contributed by atoms with Crippen LogP contribution in [0.25, 0.3) is 22.2 Å². The number of carbonyl (C=O) groups excluding carboxylic acids is 2. The van der Waals surface area contributed by atoms with E-state index >= 15 is 0 Å². The Morgan fingerprint density at radius 3 is 2.46 bits per heavy atom. The highest BCUT2D eigenvalue weighted by molar-refractivity contribution is 6.02. The van der Waals surface area contributed by atoms with Crippen molar-refractivity contribution in [3.63, 3.8) is 0 Å². The molecule has 0 saturated heterocycles. The average Bonchev–Trinajstić information content (AvgIpc) is 3.42. The van der Waals surface area contributed by atoms with E-state index in [2.05, 4.69) is 46.5 Å². The highest BCUT2D eigenvalue weighted by Crippen LogP contribution is 2.29. The Balaban J connectivity index is 0.00000235. The van der Waals surface area contributed by atoms with E-state index in [0.717, 1.165) is 54.4 Å². The van der Waals surface area contributed by atoms with Gasteiger partial charge in [-0.05, 0) is 67.0 Å². The number of nitrogens with zero attached hydrogens (tertiary/aromatic N) is 3. The van der Waals surface area contributed by atoms with Gasteiger partial charge in [-0.3, -0.25) is 4.57 Å². The number of benzene rings is 3. The molecule has 1 atom stereocenters. The third kappa shape index (κ3) is 8.65. The van der Waals surface area contributed by atoms with Crippen molar-refractivity contribution in [1.29, 1.82) is 0 Å². The predicted molar refractivity (Wildman–Crippen MR) is 179 cm³/mol. The lowest BCUT2D eigenvalue weighted by molar-refractivity contribution is -0.0914. The summed E-state index contributed by atoms with van der Waals surface area (Å²) in [6.45, 7) is 12.3. The molecule has 4 aromatic rings. The lowest BCUT2D eigenvalue weighted by Crippen LogP contribution is -2.26. The third-order valence-corrected chi connectivity index (χ3v) is 7.58. The molecule has 1 aliphatic rings. The maximum atomic E-state index is 13.4. The SMILES string of the molecule is C=NNCc1ccccc1-c1ccc(Cn2c(OCC)nc3cccc(C(=O)OC(C)OC(=O)OC4CCCCC4)c32)cc1.CC. The third-order valence-electron chi connectivity index (χ3n) is 7.58. The molecule has 10 nitrogen and oxygen atoms in total. The summed E-state index contributed by atoms with van der Waals surface area (Å²) in [5.74, 6) is -0.646. The summed E-state index contributed by atoms with van der Waals surface area (Å²) in [5.41, 5.74) is 8.62. The van der Waals surface area contributed by atoms with Crippen molar-refractivity contribution in [3.05, 3.63) is 83.4 Å². The average molecular weight is 629 g/mol. The highest BCUT2D eigenvalue weighted by Gasteiger charge is 2.25. The number of rotatable bonds is 12. The van der Waals surface area contributed by atoms with Crippen molar-refractivity contribution < 1.29 is 28.5 Å². The number of aromatic nitrogens is 2. The summed E-state index contributed by atoms with van der Waals surface area (Å²) >= 11 is 0. The van der Waals surface area contributed by atoms with E-state index in [4.69, 9.17) is 18.9 Å². The number of nitrogens with one attached hydrogen (secondary N) is 1. The maximum absolute atomic E-state index is 13.4. The second-order valence-electron chi connectivity index (χ2n) is 10.7. The summed E-state index contributed by atoms with van der Waals surface area (Å²) in [6.07, 6.45) is 2.69. The van der Waals surface area contributed by atoms with E-state index in [1.165, 1.54) is 6.92 Å². The molecule has 0 spiro atoms. The van der Waals surface area contributed by atoms with Crippen LogP contribution in [0.4, 0.5) is 4.79 Å². The first kappa shape index (κ1) is 34.0. The van der Waals surface area contributed by atoms with Gasteiger partial charge >= 0.3 is 12.1 Å². The van der Waals surface area contributed by atoms with Gasteiger partial charge < -0.3 is 24.4 Å². The summed E-state index contributed by atoms with van der Waals surface area (Å²) in [4.78, 5) is 30.3. The van der Waals surface area contributed by atoms with E-state index in [1.54, 1.807) is 12.1 Å². The van der Waals surface area contributed by atoms with Crippen LogP contribution in [-0.2, 0) is 27.3 Å². The van der Waals surface area contributed by atoms with Crippen molar-refractivity contribution in [3.8, 4) is 17.1 Å². The van der Waals surface area contributed by atoms with Crippen LogP contribution < -0.4 is 10.2 Å². The van der Waals surface area contributed by atoms with Crippen LogP contribution in [0.3, 0.4) is 0 Å². The number of carbonyl (C=O) groups is 2. The van der Waals surface area contributed by atoms with Crippen molar-refractivity contribution in [2.75, 3.05) is 6.61 Å². The molecular formula is C36H44N4O6. The predicted octanol–water partition coefficient (Wildman–Crippen LogP) is 7.87. The Kier molecular flexibility index (Phi) is 12.6. The Morgan fingerprint density at radius 2 is 1.74 bits per heavy atom. The lowest BCUT2D eigenvalue weighted by atomic mass is 9.98. The van der Waals surface area contributed by atoms with Crippen molar-refractivity contribution in [2.24, 2.45) is 5.10 Å². The number of esters is 1. The Labute approximate surface area is 270 Å². The van der Waals surface area contributed by atoms with Gasteiger partial charge in [-0.2, -0.15) is 10.1 Å².